The molecular weight excluding hydrogens is 390 g/mol. The summed E-state index contributed by atoms with van der Waals surface area (Å²) in [6, 6.07) is 7.69. The third-order valence-corrected chi connectivity index (χ3v) is 6.92. The van der Waals surface area contributed by atoms with Gasteiger partial charge in [-0.1, -0.05) is 31.0 Å². The first-order valence-corrected chi connectivity index (χ1v) is 11.7. The van der Waals surface area contributed by atoms with Crippen molar-refractivity contribution >= 4 is 28.5 Å². The lowest BCUT2D eigenvalue weighted by molar-refractivity contribution is -0.132. The van der Waals surface area contributed by atoms with Crippen LogP contribution < -0.4 is 0 Å². The van der Waals surface area contributed by atoms with Crippen molar-refractivity contribution in [1.82, 2.24) is 14.4 Å². The molecule has 1 aromatic carbocycles. The number of carbonyl (C=O) groups is 3. The number of benzene rings is 1. The highest BCUT2D eigenvalue weighted by atomic mass is 16.2. The molecule has 2 atom stereocenters. The lowest BCUT2D eigenvalue weighted by Gasteiger charge is -2.38. The van der Waals surface area contributed by atoms with Crippen molar-refractivity contribution in [3.8, 4) is 0 Å². The molecule has 0 bridgehead atoms. The van der Waals surface area contributed by atoms with Crippen molar-refractivity contribution in [3.63, 3.8) is 0 Å². The first kappa shape index (κ1) is 21.6. The summed E-state index contributed by atoms with van der Waals surface area (Å²) in [4.78, 5) is 43.1. The summed E-state index contributed by atoms with van der Waals surface area (Å²) in [7, 11) is 0. The van der Waals surface area contributed by atoms with Gasteiger partial charge in [0.05, 0.1) is 5.56 Å². The second-order valence-electron chi connectivity index (χ2n) is 9.15. The molecule has 2 amide bonds. The van der Waals surface area contributed by atoms with E-state index in [-0.39, 0.29) is 24.5 Å². The van der Waals surface area contributed by atoms with Gasteiger partial charge in [0.1, 0.15) is 6.54 Å². The molecule has 2 fully saturated rings. The van der Waals surface area contributed by atoms with Crippen LogP contribution in [0.3, 0.4) is 0 Å². The standard InChI is InChI=1S/C25H33N3O3/c1-18-10-9-11-19(2)28(18)25(31)24(30)21-16-27(22-13-6-5-12-20(21)22)17-23(29)26-14-7-3-4-8-15-26/h5-6,12-13,16,18-19H,3-4,7-11,14-15,17H2,1-2H3. The average Bonchev–Trinajstić information content (AvgIpc) is 2.92. The van der Waals surface area contributed by atoms with E-state index in [0.717, 1.165) is 56.1 Å². The van der Waals surface area contributed by atoms with E-state index in [1.807, 2.05) is 47.6 Å². The van der Waals surface area contributed by atoms with Crippen molar-refractivity contribution < 1.29 is 14.4 Å². The van der Waals surface area contributed by atoms with E-state index >= 15 is 0 Å². The zero-order chi connectivity index (χ0) is 22.0. The highest BCUT2D eigenvalue weighted by molar-refractivity contribution is 6.45. The van der Waals surface area contributed by atoms with E-state index in [0.29, 0.717) is 5.56 Å². The summed E-state index contributed by atoms with van der Waals surface area (Å²) in [5.74, 6) is -0.828. The number of Topliss-reactive ketones (excluding diaryl/α,β-unsaturated/α-hetero) is 1. The lowest BCUT2D eigenvalue weighted by atomic mass is 9.96. The van der Waals surface area contributed by atoms with E-state index in [9.17, 15) is 14.4 Å². The molecule has 2 unspecified atom stereocenters. The van der Waals surface area contributed by atoms with Crippen molar-refractivity contribution in [2.75, 3.05) is 13.1 Å². The van der Waals surface area contributed by atoms with Gasteiger partial charge in [-0.3, -0.25) is 14.4 Å². The molecule has 2 aliphatic rings. The van der Waals surface area contributed by atoms with Gasteiger partial charge in [-0.2, -0.15) is 0 Å². The van der Waals surface area contributed by atoms with E-state index in [1.165, 1.54) is 12.8 Å². The van der Waals surface area contributed by atoms with Gasteiger partial charge in [0.2, 0.25) is 5.91 Å². The summed E-state index contributed by atoms with van der Waals surface area (Å²) in [5, 5.41) is 0.738. The van der Waals surface area contributed by atoms with Gasteiger partial charge in [0.25, 0.3) is 11.7 Å². The number of likely N-dealkylation sites (tertiary alicyclic amines) is 2. The monoisotopic (exact) mass is 423 g/mol. The van der Waals surface area contributed by atoms with E-state index < -0.39 is 11.7 Å². The fraction of sp³-hybridized carbons (Fsp3) is 0.560. The third kappa shape index (κ3) is 4.39. The molecule has 1 aromatic heterocycles. The van der Waals surface area contributed by atoms with Crippen LogP contribution in [0.5, 0.6) is 0 Å². The minimum atomic E-state index is -0.474. The summed E-state index contributed by atoms with van der Waals surface area (Å²) in [6.07, 6.45) is 9.07. The number of ketones is 1. The average molecular weight is 424 g/mol. The second-order valence-corrected chi connectivity index (χ2v) is 9.15. The van der Waals surface area contributed by atoms with Gasteiger partial charge in [-0.05, 0) is 52.0 Å². The lowest BCUT2D eigenvalue weighted by Crippen LogP contribution is -2.50. The van der Waals surface area contributed by atoms with Crippen LogP contribution in [-0.4, -0.2) is 57.1 Å². The largest absolute Gasteiger partial charge is 0.341 e. The van der Waals surface area contributed by atoms with Crippen molar-refractivity contribution in [2.24, 2.45) is 0 Å². The summed E-state index contributed by atoms with van der Waals surface area (Å²) in [6.45, 7) is 5.83. The highest BCUT2D eigenvalue weighted by Crippen LogP contribution is 2.27. The minimum absolute atomic E-state index is 0.0677. The normalized spacial score (nSPS) is 22.4. The Hall–Kier alpha value is -2.63. The highest BCUT2D eigenvalue weighted by Gasteiger charge is 2.34. The number of para-hydroxylation sites is 1. The molecule has 0 N–H and O–H groups in total. The van der Waals surface area contributed by atoms with Gasteiger partial charge < -0.3 is 14.4 Å². The Bertz CT molecular complexity index is 962. The fourth-order valence-corrected chi connectivity index (χ4v) is 5.18. The number of rotatable bonds is 4. The molecule has 0 saturated carbocycles. The third-order valence-electron chi connectivity index (χ3n) is 6.92. The van der Waals surface area contributed by atoms with Crippen LogP contribution in [-0.2, 0) is 16.1 Å². The van der Waals surface area contributed by atoms with Crippen LogP contribution in [0.4, 0.5) is 0 Å². The number of aromatic nitrogens is 1. The van der Waals surface area contributed by atoms with Crippen molar-refractivity contribution in [2.45, 2.75) is 77.4 Å². The van der Waals surface area contributed by atoms with Crippen LogP contribution in [0.1, 0.15) is 69.2 Å². The quantitative estimate of drug-likeness (QED) is 0.551. The van der Waals surface area contributed by atoms with Crippen molar-refractivity contribution in [1.29, 1.82) is 0 Å². The summed E-state index contributed by atoms with van der Waals surface area (Å²) >= 11 is 0. The van der Waals surface area contributed by atoms with Crippen LogP contribution in [0.15, 0.2) is 30.5 Å². The SMILES string of the molecule is CC1CCCC(C)N1C(=O)C(=O)c1cn(CC(=O)N2CCCCCC2)c2ccccc12. The Balaban J connectivity index is 1.61. The molecule has 3 heterocycles. The maximum absolute atomic E-state index is 13.3. The van der Waals surface area contributed by atoms with Gasteiger partial charge >= 0.3 is 0 Å². The summed E-state index contributed by atoms with van der Waals surface area (Å²) < 4.78 is 1.84. The molecule has 0 aliphatic carbocycles. The van der Waals surface area contributed by atoms with Gasteiger partial charge in [0.15, 0.2) is 0 Å². The molecule has 0 spiro atoms. The minimum Gasteiger partial charge on any atom is -0.341 e. The maximum atomic E-state index is 13.3. The van der Waals surface area contributed by atoms with E-state index in [1.54, 1.807) is 11.1 Å². The molecule has 0 radical (unpaired) electrons. The maximum Gasteiger partial charge on any atom is 0.295 e. The molecule has 6 nitrogen and oxygen atoms in total. The number of piperidine rings is 1. The van der Waals surface area contributed by atoms with Gasteiger partial charge in [-0.25, -0.2) is 0 Å². The fourth-order valence-electron chi connectivity index (χ4n) is 5.18. The van der Waals surface area contributed by atoms with Gasteiger partial charge in [-0.15, -0.1) is 0 Å². The molecule has 4 rings (SSSR count). The molecule has 2 aromatic rings. The van der Waals surface area contributed by atoms with Gasteiger partial charge in [0, 0.05) is 42.3 Å². The Labute approximate surface area is 184 Å². The summed E-state index contributed by atoms with van der Waals surface area (Å²) in [5.41, 5.74) is 1.22. The number of fused-ring (bicyclic) bond motifs is 1. The Morgan fingerprint density at radius 3 is 2.23 bits per heavy atom. The Morgan fingerprint density at radius 1 is 0.903 bits per heavy atom. The first-order valence-electron chi connectivity index (χ1n) is 11.7. The van der Waals surface area contributed by atoms with Crippen LogP contribution in [0.25, 0.3) is 10.9 Å². The van der Waals surface area contributed by atoms with E-state index in [4.69, 9.17) is 0 Å². The van der Waals surface area contributed by atoms with Crippen LogP contribution >= 0.6 is 0 Å². The molecule has 166 valence electrons. The predicted molar refractivity (Wildman–Crippen MR) is 121 cm³/mol. The molecule has 2 aliphatic heterocycles. The Kier molecular flexibility index (Phi) is 6.44. The number of hydrogen-bond donors (Lipinski definition) is 0. The number of carbonyl (C=O) groups excluding carboxylic acids is 3. The number of hydrogen-bond acceptors (Lipinski definition) is 3. The molecule has 2 saturated heterocycles. The zero-order valence-corrected chi connectivity index (χ0v) is 18.7. The van der Waals surface area contributed by atoms with Crippen molar-refractivity contribution in [3.05, 3.63) is 36.0 Å². The zero-order valence-electron chi connectivity index (χ0n) is 18.7. The van der Waals surface area contributed by atoms with Crippen LogP contribution in [0.2, 0.25) is 0 Å². The number of amides is 2. The Morgan fingerprint density at radius 2 is 1.55 bits per heavy atom. The molecular formula is C25H33N3O3. The number of nitrogens with zero attached hydrogens (tertiary/aromatic N) is 3. The van der Waals surface area contributed by atoms with Crippen LogP contribution in [0, 0.1) is 0 Å². The second kappa shape index (κ2) is 9.25. The molecule has 6 heteroatoms. The smallest absolute Gasteiger partial charge is 0.295 e. The predicted octanol–water partition coefficient (Wildman–Crippen LogP) is 4.02. The topological polar surface area (TPSA) is 62.6 Å². The molecule has 31 heavy (non-hydrogen) atoms. The van der Waals surface area contributed by atoms with E-state index in [2.05, 4.69) is 0 Å². The first-order chi connectivity index (χ1) is 15.0.